The van der Waals surface area contributed by atoms with Crippen LogP contribution in [0.1, 0.15) is 12.4 Å². The third kappa shape index (κ3) is 2.35. The quantitative estimate of drug-likeness (QED) is 0.499. The Morgan fingerprint density at radius 3 is 2.09 bits per heavy atom. The monoisotopic (exact) mass is 190 g/mol. The van der Waals surface area contributed by atoms with E-state index in [1.165, 1.54) is 0 Å². The maximum atomic E-state index is 5.97. The lowest BCUT2D eigenvalue weighted by molar-refractivity contribution is -0.702. The summed E-state index contributed by atoms with van der Waals surface area (Å²) in [7, 11) is 0. The van der Waals surface area contributed by atoms with Crippen molar-refractivity contribution in [2.24, 2.45) is 0 Å². The van der Waals surface area contributed by atoms with Gasteiger partial charge in [-0.1, -0.05) is 6.07 Å². The molecule has 0 amide bonds. The lowest BCUT2D eigenvalue weighted by Crippen LogP contribution is -2.39. The van der Waals surface area contributed by atoms with Gasteiger partial charge in [0.05, 0.1) is 0 Å². The molecule has 0 aliphatic heterocycles. The zero-order chi connectivity index (χ0) is 8.27. The van der Waals surface area contributed by atoms with Crippen LogP contribution in [0.15, 0.2) is 30.6 Å². The molecule has 1 aromatic rings. The summed E-state index contributed by atoms with van der Waals surface area (Å²) in [5, 5.41) is -0.0657. The third-order valence-electron chi connectivity index (χ3n) is 1.40. The van der Waals surface area contributed by atoms with Crippen LogP contribution in [0, 0.1) is 0 Å². The van der Waals surface area contributed by atoms with Crippen molar-refractivity contribution < 1.29 is 4.57 Å². The molecule has 11 heavy (non-hydrogen) atoms. The number of rotatable bonds is 2. The van der Waals surface area contributed by atoms with Crippen LogP contribution in [0.5, 0.6) is 0 Å². The Morgan fingerprint density at radius 1 is 1.09 bits per heavy atom. The highest BCUT2D eigenvalue weighted by atomic mass is 35.5. The number of alkyl halides is 2. The Hall–Kier alpha value is -0.270. The molecule has 0 spiro atoms. The SMILES string of the molecule is CC(Cl)C(Cl)[n+]1ccccc1. The molecule has 0 bridgehead atoms. The van der Waals surface area contributed by atoms with Gasteiger partial charge in [0.1, 0.15) is 5.38 Å². The summed E-state index contributed by atoms with van der Waals surface area (Å²) < 4.78 is 1.87. The minimum Gasteiger partial charge on any atom is -0.187 e. The van der Waals surface area contributed by atoms with Crippen LogP contribution in [0.3, 0.4) is 0 Å². The van der Waals surface area contributed by atoms with Crippen molar-refractivity contribution in [1.82, 2.24) is 0 Å². The van der Waals surface area contributed by atoms with E-state index >= 15 is 0 Å². The van der Waals surface area contributed by atoms with Gasteiger partial charge in [-0.3, -0.25) is 0 Å². The van der Waals surface area contributed by atoms with Gasteiger partial charge in [0, 0.05) is 12.1 Å². The van der Waals surface area contributed by atoms with E-state index in [9.17, 15) is 0 Å². The molecule has 0 saturated carbocycles. The van der Waals surface area contributed by atoms with Gasteiger partial charge < -0.3 is 0 Å². The standard InChI is InChI=1S/C8H10Cl2N/c1-7(9)8(10)11-5-3-2-4-6-11/h2-8H,1H3/q+1. The first-order valence-electron chi connectivity index (χ1n) is 3.46. The lowest BCUT2D eigenvalue weighted by atomic mass is 10.4. The second-order valence-corrected chi connectivity index (χ2v) is 3.51. The van der Waals surface area contributed by atoms with Gasteiger partial charge in [-0.25, -0.2) is 0 Å². The molecule has 0 saturated heterocycles. The molecule has 0 aromatic carbocycles. The zero-order valence-corrected chi connectivity index (χ0v) is 7.76. The Balaban J connectivity index is 2.77. The van der Waals surface area contributed by atoms with Crippen LogP contribution in [-0.4, -0.2) is 5.38 Å². The highest BCUT2D eigenvalue weighted by Gasteiger charge is 2.19. The number of hydrogen-bond donors (Lipinski definition) is 0. The fourth-order valence-corrected chi connectivity index (χ4v) is 1.07. The van der Waals surface area contributed by atoms with Crippen molar-refractivity contribution in [3.63, 3.8) is 0 Å². The smallest absolute Gasteiger partial charge is 0.187 e. The Morgan fingerprint density at radius 2 is 1.64 bits per heavy atom. The summed E-state index contributed by atoms with van der Waals surface area (Å²) in [6.45, 7) is 1.87. The van der Waals surface area contributed by atoms with Crippen molar-refractivity contribution in [2.75, 3.05) is 0 Å². The molecule has 0 aliphatic carbocycles. The Bertz CT molecular complexity index is 211. The van der Waals surface area contributed by atoms with Crippen LogP contribution in [0.4, 0.5) is 0 Å². The van der Waals surface area contributed by atoms with Gasteiger partial charge in [0.15, 0.2) is 12.4 Å². The molecule has 60 valence electrons. The molecule has 3 heteroatoms. The van der Waals surface area contributed by atoms with Crippen LogP contribution < -0.4 is 4.57 Å². The maximum Gasteiger partial charge on any atom is 0.248 e. The van der Waals surface area contributed by atoms with Crippen LogP contribution in [0.2, 0.25) is 0 Å². The van der Waals surface area contributed by atoms with Gasteiger partial charge in [0.25, 0.3) is 0 Å². The molecule has 0 fully saturated rings. The fraction of sp³-hybridized carbons (Fsp3) is 0.375. The predicted molar refractivity (Wildman–Crippen MR) is 46.8 cm³/mol. The lowest BCUT2D eigenvalue weighted by Gasteiger charge is -2.05. The molecule has 2 atom stereocenters. The fourth-order valence-electron chi connectivity index (χ4n) is 0.814. The predicted octanol–water partition coefficient (Wildman–Crippen LogP) is 2.34. The molecular weight excluding hydrogens is 181 g/mol. The third-order valence-corrected chi connectivity index (χ3v) is 2.37. The largest absolute Gasteiger partial charge is 0.248 e. The molecule has 1 nitrogen and oxygen atoms in total. The number of hydrogen-bond acceptors (Lipinski definition) is 0. The van der Waals surface area contributed by atoms with Gasteiger partial charge in [-0.15, -0.1) is 11.6 Å². The normalized spacial score (nSPS) is 15.9. The molecule has 1 rings (SSSR count). The first-order chi connectivity index (χ1) is 5.22. The molecular formula is C8H10Cl2N+. The summed E-state index contributed by atoms with van der Waals surface area (Å²) >= 11 is 11.8. The second kappa shape index (κ2) is 3.93. The first-order valence-corrected chi connectivity index (χ1v) is 4.33. The average molecular weight is 191 g/mol. The minimum atomic E-state index is -0.169. The van der Waals surface area contributed by atoms with Crippen molar-refractivity contribution in [1.29, 1.82) is 0 Å². The van der Waals surface area contributed by atoms with E-state index in [0.29, 0.717) is 0 Å². The van der Waals surface area contributed by atoms with Crippen molar-refractivity contribution in [3.05, 3.63) is 30.6 Å². The average Bonchev–Trinajstić information content (AvgIpc) is 2.05. The van der Waals surface area contributed by atoms with Crippen molar-refractivity contribution in [3.8, 4) is 0 Å². The summed E-state index contributed by atoms with van der Waals surface area (Å²) in [6.07, 6.45) is 3.80. The maximum absolute atomic E-state index is 5.97. The Kier molecular flexibility index (Phi) is 3.16. The van der Waals surface area contributed by atoms with E-state index in [4.69, 9.17) is 23.2 Å². The summed E-state index contributed by atoms with van der Waals surface area (Å²) in [5.74, 6) is 0. The van der Waals surface area contributed by atoms with Gasteiger partial charge >= 0.3 is 0 Å². The topological polar surface area (TPSA) is 3.88 Å². The first kappa shape index (κ1) is 8.82. The number of halogens is 2. The molecule has 0 aliphatic rings. The minimum absolute atomic E-state index is 0.0657. The molecule has 0 radical (unpaired) electrons. The van der Waals surface area contributed by atoms with Gasteiger partial charge in [0.2, 0.25) is 5.50 Å². The van der Waals surface area contributed by atoms with E-state index in [1.54, 1.807) is 0 Å². The molecule has 0 N–H and O–H groups in total. The second-order valence-electron chi connectivity index (χ2n) is 2.37. The van der Waals surface area contributed by atoms with E-state index in [1.807, 2.05) is 42.1 Å². The molecule has 1 heterocycles. The highest BCUT2D eigenvalue weighted by molar-refractivity contribution is 6.27. The van der Waals surface area contributed by atoms with E-state index in [2.05, 4.69) is 0 Å². The highest BCUT2D eigenvalue weighted by Crippen LogP contribution is 2.13. The van der Waals surface area contributed by atoms with E-state index in [-0.39, 0.29) is 10.9 Å². The Labute approximate surface area is 76.6 Å². The van der Waals surface area contributed by atoms with E-state index in [0.717, 1.165) is 0 Å². The molecule has 2 unspecified atom stereocenters. The van der Waals surface area contributed by atoms with Gasteiger partial charge in [-0.05, 0) is 18.5 Å². The zero-order valence-electron chi connectivity index (χ0n) is 6.24. The number of nitrogens with zero attached hydrogens (tertiary/aromatic N) is 1. The van der Waals surface area contributed by atoms with E-state index < -0.39 is 0 Å². The van der Waals surface area contributed by atoms with Crippen LogP contribution >= 0.6 is 23.2 Å². The summed E-state index contributed by atoms with van der Waals surface area (Å²) in [6, 6.07) is 5.79. The summed E-state index contributed by atoms with van der Waals surface area (Å²) in [5.41, 5.74) is -0.169. The number of pyridine rings is 1. The molecule has 1 aromatic heterocycles. The van der Waals surface area contributed by atoms with Crippen molar-refractivity contribution in [2.45, 2.75) is 17.8 Å². The van der Waals surface area contributed by atoms with Crippen LogP contribution in [-0.2, 0) is 0 Å². The van der Waals surface area contributed by atoms with Gasteiger partial charge in [-0.2, -0.15) is 4.57 Å². The van der Waals surface area contributed by atoms with Crippen molar-refractivity contribution >= 4 is 23.2 Å². The van der Waals surface area contributed by atoms with Crippen LogP contribution in [0.25, 0.3) is 0 Å². The summed E-state index contributed by atoms with van der Waals surface area (Å²) in [4.78, 5) is 0. The number of aromatic nitrogens is 1.